The third-order valence-electron chi connectivity index (χ3n) is 2.21. The Morgan fingerprint density at radius 3 is 2.29 bits per heavy atom. The van der Waals surface area contributed by atoms with Crippen LogP contribution in [0.1, 0.15) is 33.6 Å². The van der Waals surface area contributed by atoms with Crippen molar-refractivity contribution < 1.29 is 14.6 Å². The van der Waals surface area contributed by atoms with Gasteiger partial charge in [-0.15, -0.1) is 0 Å². The van der Waals surface area contributed by atoms with Crippen LogP contribution in [0.2, 0.25) is 0 Å². The Hall–Kier alpha value is -0.610. The minimum Gasteiger partial charge on any atom is -0.458 e. The van der Waals surface area contributed by atoms with Gasteiger partial charge in [-0.05, 0) is 46.7 Å². The van der Waals surface area contributed by atoms with Crippen LogP contribution in [-0.4, -0.2) is 35.4 Å². The molecule has 0 atom stereocenters. The number of aliphatic hydroxyl groups is 1. The van der Waals surface area contributed by atoms with Gasteiger partial charge in [0.1, 0.15) is 5.60 Å². The van der Waals surface area contributed by atoms with Crippen molar-refractivity contribution in [3.8, 4) is 0 Å². The lowest BCUT2D eigenvalue weighted by molar-refractivity contribution is -0.179. The van der Waals surface area contributed by atoms with E-state index in [1.54, 1.807) is 20.8 Å². The van der Waals surface area contributed by atoms with Gasteiger partial charge in [-0.25, -0.2) is 4.79 Å². The van der Waals surface area contributed by atoms with Crippen LogP contribution in [0, 0.1) is 0 Å². The molecule has 0 spiro atoms. The molecule has 1 aliphatic heterocycles. The summed E-state index contributed by atoms with van der Waals surface area (Å²) in [5.41, 5.74) is -1.81. The zero-order valence-corrected chi connectivity index (χ0v) is 9.09. The first-order valence-corrected chi connectivity index (χ1v) is 5.00. The van der Waals surface area contributed by atoms with Crippen LogP contribution in [0.15, 0.2) is 0 Å². The highest BCUT2D eigenvalue weighted by molar-refractivity contribution is 5.79. The summed E-state index contributed by atoms with van der Waals surface area (Å²) < 4.78 is 5.16. The molecule has 1 saturated heterocycles. The number of esters is 1. The minimum absolute atomic E-state index is 0.432. The Balaban J connectivity index is 2.58. The molecule has 14 heavy (non-hydrogen) atoms. The minimum atomic E-state index is -1.28. The van der Waals surface area contributed by atoms with Gasteiger partial charge in [0.05, 0.1) is 0 Å². The van der Waals surface area contributed by atoms with Crippen molar-refractivity contribution in [2.75, 3.05) is 13.1 Å². The van der Waals surface area contributed by atoms with Crippen molar-refractivity contribution in [1.29, 1.82) is 0 Å². The molecule has 4 heteroatoms. The summed E-state index contributed by atoms with van der Waals surface area (Å²) in [6, 6.07) is 0. The van der Waals surface area contributed by atoms with Crippen LogP contribution in [0.3, 0.4) is 0 Å². The van der Waals surface area contributed by atoms with Gasteiger partial charge < -0.3 is 15.2 Å². The van der Waals surface area contributed by atoms with E-state index in [9.17, 15) is 9.90 Å². The molecule has 0 aromatic heterocycles. The summed E-state index contributed by atoms with van der Waals surface area (Å²) in [6.45, 7) is 6.73. The molecule has 1 fully saturated rings. The van der Waals surface area contributed by atoms with E-state index in [2.05, 4.69) is 5.32 Å². The molecule has 82 valence electrons. The van der Waals surface area contributed by atoms with E-state index in [0.29, 0.717) is 25.9 Å². The molecule has 2 N–H and O–H groups in total. The van der Waals surface area contributed by atoms with Crippen molar-refractivity contribution in [1.82, 2.24) is 5.32 Å². The average Bonchev–Trinajstić information content (AvgIpc) is 2.02. The quantitative estimate of drug-likeness (QED) is 0.604. The molecule has 0 amide bonds. The van der Waals surface area contributed by atoms with Gasteiger partial charge in [-0.1, -0.05) is 0 Å². The molecule has 0 aromatic rings. The smallest absolute Gasteiger partial charge is 0.338 e. The van der Waals surface area contributed by atoms with Gasteiger partial charge in [-0.2, -0.15) is 0 Å². The number of ether oxygens (including phenoxy) is 1. The van der Waals surface area contributed by atoms with Gasteiger partial charge in [0.2, 0.25) is 0 Å². The highest BCUT2D eigenvalue weighted by atomic mass is 16.6. The Bertz CT molecular complexity index is 214. The van der Waals surface area contributed by atoms with Crippen molar-refractivity contribution in [2.45, 2.75) is 44.8 Å². The third-order valence-corrected chi connectivity index (χ3v) is 2.21. The largest absolute Gasteiger partial charge is 0.458 e. The Kier molecular flexibility index (Phi) is 3.17. The Labute approximate surface area is 84.6 Å². The molecule has 0 radical (unpaired) electrons. The molecule has 4 nitrogen and oxygen atoms in total. The van der Waals surface area contributed by atoms with Crippen LogP contribution >= 0.6 is 0 Å². The molecule has 0 aromatic carbocycles. The summed E-state index contributed by atoms with van der Waals surface area (Å²) in [4.78, 5) is 11.6. The van der Waals surface area contributed by atoms with Gasteiger partial charge >= 0.3 is 5.97 Å². The summed E-state index contributed by atoms with van der Waals surface area (Å²) in [7, 11) is 0. The Morgan fingerprint density at radius 2 is 1.86 bits per heavy atom. The number of carbonyl (C=O) groups is 1. The first kappa shape index (κ1) is 11.5. The standard InChI is InChI=1S/C10H19NO3/c1-9(2,3)14-8(12)10(13)4-6-11-7-5-10/h11,13H,4-7H2,1-3H3. The summed E-state index contributed by atoms with van der Waals surface area (Å²) in [5, 5.41) is 13.1. The fourth-order valence-electron chi connectivity index (χ4n) is 1.42. The van der Waals surface area contributed by atoms with E-state index in [0.717, 1.165) is 0 Å². The van der Waals surface area contributed by atoms with Crippen LogP contribution < -0.4 is 5.32 Å². The van der Waals surface area contributed by atoms with Crippen LogP contribution in [0.5, 0.6) is 0 Å². The second-order valence-electron chi connectivity index (χ2n) is 4.78. The van der Waals surface area contributed by atoms with Gasteiger partial charge in [0.25, 0.3) is 0 Å². The molecule has 1 rings (SSSR count). The monoisotopic (exact) mass is 201 g/mol. The maximum atomic E-state index is 11.6. The van der Waals surface area contributed by atoms with E-state index >= 15 is 0 Å². The lowest BCUT2D eigenvalue weighted by Crippen LogP contribution is -2.50. The van der Waals surface area contributed by atoms with E-state index in [-0.39, 0.29) is 0 Å². The van der Waals surface area contributed by atoms with E-state index in [4.69, 9.17) is 4.74 Å². The van der Waals surface area contributed by atoms with Gasteiger partial charge in [0.15, 0.2) is 5.60 Å². The number of hydrogen-bond donors (Lipinski definition) is 2. The molecule has 1 aliphatic rings. The van der Waals surface area contributed by atoms with Crippen LogP contribution in [0.4, 0.5) is 0 Å². The third kappa shape index (κ3) is 2.96. The van der Waals surface area contributed by atoms with E-state index in [1.165, 1.54) is 0 Å². The second kappa shape index (κ2) is 3.87. The maximum Gasteiger partial charge on any atom is 0.338 e. The normalized spacial score (nSPS) is 21.7. The lowest BCUT2D eigenvalue weighted by atomic mass is 9.92. The first-order valence-electron chi connectivity index (χ1n) is 5.00. The fourth-order valence-corrected chi connectivity index (χ4v) is 1.42. The summed E-state index contributed by atoms with van der Waals surface area (Å²) in [5.74, 6) is -0.494. The highest BCUT2D eigenvalue weighted by Gasteiger charge is 2.40. The topological polar surface area (TPSA) is 58.6 Å². The fraction of sp³-hybridized carbons (Fsp3) is 0.900. The molecule has 0 unspecified atom stereocenters. The second-order valence-corrected chi connectivity index (χ2v) is 4.78. The summed E-state index contributed by atoms with van der Waals surface area (Å²) in [6.07, 6.45) is 0.865. The SMILES string of the molecule is CC(C)(C)OC(=O)C1(O)CCNCC1. The lowest BCUT2D eigenvalue weighted by Gasteiger charge is -2.33. The number of rotatable bonds is 1. The van der Waals surface area contributed by atoms with E-state index < -0.39 is 17.2 Å². The maximum absolute atomic E-state index is 11.6. The van der Waals surface area contributed by atoms with Crippen LogP contribution in [0.25, 0.3) is 0 Å². The van der Waals surface area contributed by atoms with Gasteiger partial charge in [0, 0.05) is 0 Å². The predicted octanol–water partition coefficient (Wildman–Crippen LogP) is 0.443. The zero-order valence-electron chi connectivity index (χ0n) is 9.09. The van der Waals surface area contributed by atoms with Crippen molar-refractivity contribution in [3.63, 3.8) is 0 Å². The molecule has 0 bridgehead atoms. The number of piperidine rings is 1. The molecule has 1 heterocycles. The van der Waals surface area contributed by atoms with Gasteiger partial charge in [-0.3, -0.25) is 0 Å². The zero-order chi connectivity index (χ0) is 10.8. The summed E-state index contributed by atoms with van der Waals surface area (Å²) >= 11 is 0. The molecular formula is C10H19NO3. The van der Waals surface area contributed by atoms with E-state index in [1.807, 2.05) is 0 Å². The number of nitrogens with one attached hydrogen (secondary N) is 1. The molecule has 0 aliphatic carbocycles. The van der Waals surface area contributed by atoms with Crippen molar-refractivity contribution in [2.24, 2.45) is 0 Å². The number of carbonyl (C=O) groups excluding carboxylic acids is 1. The predicted molar refractivity (Wildman–Crippen MR) is 52.9 cm³/mol. The average molecular weight is 201 g/mol. The highest BCUT2D eigenvalue weighted by Crippen LogP contribution is 2.22. The Morgan fingerprint density at radius 1 is 1.36 bits per heavy atom. The molecule has 0 saturated carbocycles. The van der Waals surface area contributed by atoms with Crippen molar-refractivity contribution >= 4 is 5.97 Å². The first-order chi connectivity index (χ1) is 6.33. The number of hydrogen-bond acceptors (Lipinski definition) is 4. The molecular weight excluding hydrogens is 182 g/mol. The van der Waals surface area contributed by atoms with Crippen LogP contribution in [-0.2, 0) is 9.53 Å². The van der Waals surface area contributed by atoms with Crippen molar-refractivity contribution in [3.05, 3.63) is 0 Å².